The number of rotatable bonds is 3. The topological polar surface area (TPSA) is 13.1 Å². The highest BCUT2D eigenvalue weighted by Gasteiger charge is 2.16. The van der Waals surface area contributed by atoms with Gasteiger partial charge in [-0.25, -0.2) is 0 Å². The smallest absolute Gasteiger partial charge is 0.135 e. The Kier molecular flexibility index (Phi) is 3.57. The van der Waals surface area contributed by atoms with E-state index in [1.165, 1.54) is 5.56 Å². The zero-order valence-electron chi connectivity index (χ0n) is 27.7. The van der Waals surface area contributed by atoms with E-state index < -0.39 is 12.1 Å². The summed E-state index contributed by atoms with van der Waals surface area (Å²) in [6, 6.07) is 32.6. The van der Waals surface area contributed by atoms with E-state index in [1.807, 2.05) is 54.6 Å². The molecule has 0 atom stereocenters. The van der Waals surface area contributed by atoms with Crippen LogP contribution >= 0.6 is 0 Å². The minimum Gasteiger partial charge on any atom is -0.456 e. The summed E-state index contributed by atoms with van der Waals surface area (Å²) in [6.07, 6.45) is 0. The quantitative estimate of drug-likeness (QED) is 0.219. The summed E-state index contributed by atoms with van der Waals surface area (Å²) in [5, 5.41) is 4.63. The highest BCUT2D eigenvalue weighted by molar-refractivity contribution is 6.21. The van der Waals surface area contributed by atoms with Crippen LogP contribution in [0.4, 0.5) is 0 Å². The second-order valence-corrected chi connectivity index (χ2v) is 9.54. The average Bonchev–Trinajstić information content (AvgIpc) is 3.50. The van der Waals surface area contributed by atoms with Crippen molar-refractivity contribution in [3.05, 3.63) is 145 Å². The van der Waals surface area contributed by atoms with E-state index in [9.17, 15) is 0 Å². The van der Waals surface area contributed by atoms with Crippen LogP contribution in [0.3, 0.4) is 0 Å². The molecule has 0 unspecified atom stereocenters. The zero-order chi connectivity index (χ0) is 31.9. The molecule has 0 amide bonds. The maximum Gasteiger partial charge on any atom is 0.135 e. The van der Waals surface area contributed by atoms with E-state index in [4.69, 9.17) is 14.0 Å². The Morgan fingerprint density at radius 3 is 1.54 bits per heavy atom. The van der Waals surface area contributed by atoms with Gasteiger partial charge in [0.05, 0.1) is 9.60 Å². The van der Waals surface area contributed by atoms with Crippen LogP contribution < -0.4 is 0 Å². The molecule has 182 valence electrons. The highest BCUT2D eigenvalue weighted by atomic mass is 16.3. The zero-order valence-corrected chi connectivity index (χ0v) is 20.7. The molecule has 1 aromatic heterocycles. The van der Waals surface area contributed by atoms with Gasteiger partial charge in [0.15, 0.2) is 0 Å². The van der Waals surface area contributed by atoms with Gasteiger partial charge in [0, 0.05) is 10.8 Å². The summed E-state index contributed by atoms with van der Waals surface area (Å²) in [6.45, 7) is 0. The van der Waals surface area contributed by atoms with E-state index in [0.717, 1.165) is 38.2 Å². The van der Waals surface area contributed by atoms with Crippen LogP contribution in [0.25, 0.3) is 76.9 Å². The van der Waals surface area contributed by atoms with E-state index in [2.05, 4.69) is 48.5 Å². The Morgan fingerprint density at radius 2 is 0.897 bits per heavy atom. The van der Waals surface area contributed by atoms with Crippen molar-refractivity contribution in [1.29, 1.82) is 0 Å². The number of furan rings is 1. The first-order chi connectivity index (χ1) is 22.3. The molecule has 0 aliphatic heterocycles. The molecule has 0 N–H and O–H groups in total. The summed E-state index contributed by atoms with van der Waals surface area (Å²) in [4.78, 5) is 0. The Morgan fingerprint density at radius 1 is 0.385 bits per heavy atom. The van der Waals surface area contributed by atoms with Gasteiger partial charge in [-0.15, -0.1) is 0 Å². The van der Waals surface area contributed by atoms with Crippen LogP contribution in [0.2, 0.25) is 0 Å². The molecule has 0 spiro atoms. The van der Waals surface area contributed by atoms with Crippen molar-refractivity contribution in [2.24, 2.45) is 0 Å². The van der Waals surface area contributed by atoms with Gasteiger partial charge in [-0.1, -0.05) is 127 Å². The van der Waals surface area contributed by atoms with Crippen molar-refractivity contribution in [3.63, 3.8) is 0 Å². The second kappa shape index (κ2) is 8.72. The maximum atomic E-state index is 9.13. The molecule has 0 aliphatic rings. The molecule has 0 bridgehead atoms. The van der Waals surface area contributed by atoms with Crippen LogP contribution in [0.15, 0.2) is 150 Å². The summed E-state index contributed by atoms with van der Waals surface area (Å²) >= 11 is 0. The molecular weight excluding hydrogens is 472 g/mol. The first kappa shape index (κ1) is 16.0. The van der Waals surface area contributed by atoms with Crippen molar-refractivity contribution in [3.8, 4) is 33.4 Å². The molecule has 0 saturated heterocycles. The van der Waals surface area contributed by atoms with Gasteiger partial charge in [0.1, 0.15) is 11.2 Å². The standard InChI is InChI=1S/C38H24O/c1-2-10-26(11-3-1)37-30-13-4-6-15-32(30)38(33-16-7-5-14-31(33)37)27-20-18-25(19-21-27)28-22-23-36-34(24-28)29-12-8-9-17-35(29)39-36/h1-24H/i8D,9D,12D,17D,22D,23D,24D. The average molecular weight is 504 g/mol. The lowest BCUT2D eigenvalue weighted by Gasteiger charge is -2.18. The van der Waals surface area contributed by atoms with E-state index in [0.29, 0.717) is 5.56 Å². The minimum atomic E-state index is -0.451. The first-order valence-corrected chi connectivity index (χ1v) is 12.8. The third kappa shape index (κ3) is 3.48. The Hall–Kier alpha value is -5.14. The summed E-state index contributed by atoms with van der Waals surface area (Å²) < 4.78 is 65.4. The number of hydrogen-bond acceptors (Lipinski definition) is 1. The number of para-hydroxylation sites is 1. The lowest BCUT2D eigenvalue weighted by atomic mass is 9.86. The van der Waals surface area contributed by atoms with Crippen LogP contribution in [-0.4, -0.2) is 0 Å². The lowest BCUT2D eigenvalue weighted by molar-refractivity contribution is 0.669. The largest absolute Gasteiger partial charge is 0.456 e. The fraction of sp³-hybridized carbons (Fsp3) is 0. The van der Waals surface area contributed by atoms with Gasteiger partial charge >= 0.3 is 0 Å². The molecule has 1 heterocycles. The molecule has 8 rings (SSSR count). The third-order valence-corrected chi connectivity index (χ3v) is 7.34. The Bertz CT molecular complexity index is 2480. The normalized spacial score (nSPS) is 14.1. The van der Waals surface area contributed by atoms with Crippen LogP contribution in [-0.2, 0) is 0 Å². The van der Waals surface area contributed by atoms with Crippen molar-refractivity contribution in [2.45, 2.75) is 0 Å². The van der Waals surface area contributed by atoms with Crippen LogP contribution in [0.5, 0.6) is 0 Å². The summed E-state index contributed by atoms with van der Waals surface area (Å²) in [5.74, 6) is 0. The van der Waals surface area contributed by atoms with Gasteiger partial charge in [-0.3, -0.25) is 0 Å². The second-order valence-electron chi connectivity index (χ2n) is 9.54. The fourth-order valence-electron chi connectivity index (χ4n) is 5.61. The van der Waals surface area contributed by atoms with E-state index >= 15 is 0 Å². The molecule has 39 heavy (non-hydrogen) atoms. The van der Waals surface area contributed by atoms with Gasteiger partial charge in [-0.05, 0) is 73.1 Å². The van der Waals surface area contributed by atoms with E-state index in [-0.39, 0.29) is 57.7 Å². The van der Waals surface area contributed by atoms with Crippen LogP contribution in [0, 0.1) is 0 Å². The maximum absolute atomic E-state index is 9.13. The van der Waals surface area contributed by atoms with Gasteiger partial charge in [0.2, 0.25) is 0 Å². The van der Waals surface area contributed by atoms with Gasteiger partial charge < -0.3 is 4.42 Å². The molecule has 1 nitrogen and oxygen atoms in total. The molecule has 1 heteroatoms. The molecule has 0 saturated carbocycles. The third-order valence-electron chi connectivity index (χ3n) is 7.34. The summed E-state index contributed by atoms with van der Waals surface area (Å²) in [7, 11) is 0. The highest BCUT2D eigenvalue weighted by Crippen LogP contribution is 2.44. The Balaban J connectivity index is 1.36. The molecule has 0 fully saturated rings. The lowest BCUT2D eigenvalue weighted by Crippen LogP contribution is -1.90. The van der Waals surface area contributed by atoms with Crippen molar-refractivity contribution >= 4 is 43.5 Å². The van der Waals surface area contributed by atoms with Crippen LogP contribution in [0.1, 0.15) is 9.60 Å². The predicted octanol–water partition coefficient (Wildman–Crippen LogP) is 10.9. The number of hydrogen-bond donors (Lipinski definition) is 0. The molecule has 8 aromatic rings. The van der Waals surface area contributed by atoms with Crippen molar-refractivity contribution < 1.29 is 14.0 Å². The van der Waals surface area contributed by atoms with Crippen molar-refractivity contribution in [2.75, 3.05) is 0 Å². The number of fused-ring (bicyclic) bond motifs is 5. The van der Waals surface area contributed by atoms with Crippen molar-refractivity contribution in [1.82, 2.24) is 0 Å². The molecule has 0 aliphatic carbocycles. The molecule has 7 aromatic carbocycles. The van der Waals surface area contributed by atoms with Gasteiger partial charge in [-0.2, -0.15) is 0 Å². The fourth-order valence-corrected chi connectivity index (χ4v) is 5.61. The van der Waals surface area contributed by atoms with Gasteiger partial charge in [0.25, 0.3) is 0 Å². The predicted molar refractivity (Wildman–Crippen MR) is 165 cm³/mol. The summed E-state index contributed by atoms with van der Waals surface area (Å²) in [5.41, 5.74) is 4.90. The SMILES string of the molecule is [2H]c1c([2H])c([2H])c2c(oc3c([2H])c([2H])c(-c4ccc(-c5c6ccccc6c(-c6ccccc6)c6ccccc56)cc4)c([2H])c32)c1[2H]. The number of benzene rings is 7. The monoisotopic (exact) mass is 503 g/mol. The minimum absolute atomic E-state index is 0.0498. The van der Waals surface area contributed by atoms with E-state index in [1.54, 1.807) is 0 Å². The molecule has 0 radical (unpaired) electrons. The Labute approximate surface area is 236 Å². The first-order valence-electron chi connectivity index (χ1n) is 16.3. The molecular formula is C38H24O.